The van der Waals surface area contributed by atoms with Crippen LogP contribution >= 0.6 is 0 Å². The molecule has 0 saturated heterocycles. The standard InChI is InChI=1S/C47H44N2Si/c1-32(2)40-31-44(49(36-20-11-8-12-21-36)43-23-15-16-24-45(43)50(4,5)6)39-27-25-34-26-30-42(38-29-28-37(40)47(39)46(34)38)48(35-18-9-7-10-19-35)41-22-14-13-17-33(41)3/h7-32H,1-6H3. The van der Waals surface area contributed by atoms with Gasteiger partial charge in [0.2, 0.25) is 0 Å². The van der Waals surface area contributed by atoms with Crippen LogP contribution in [0, 0.1) is 6.92 Å². The Bertz CT molecular complexity index is 2460. The molecule has 0 saturated carbocycles. The van der Waals surface area contributed by atoms with E-state index in [2.05, 4.69) is 202 Å². The van der Waals surface area contributed by atoms with Crippen molar-refractivity contribution in [1.29, 1.82) is 0 Å². The van der Waals surface area contributed by atoms with E-state index >= 15 is 0 Å². The molecule has 8 aromatic carbocycles. The normalized spacial score (nSPS) is 12.0. The van der Waals surface area contributed by atoms with E-state index in [9.17, 15) is 0 Å². The summed E-state index contributed by atoms with van der Waals surface area (Å²) in [5.74, 6) is 0.343. The molecule has 0 heterocycles. The first-order valence-corrected chi connectivity index (χ1v) is 21.3. The monoisotopic (exact) mass is 664 g/mol. The molecule has 0 radical (unpaired) electrons. The zero-order chi connectivity index (χ0) is 34.6. The van der Waals surface area contributed by atoms with Gasteiger partial charge >= 0.3 is 0 Å². The van der Waals surface area contributed by atoms with Crippen LogP contribution in [0.3, 0.4) is 0 Å². The third kappa shape index (κ3) is 5.34. The predicted octanol–water partition coefficient (Wildman–Crippen LogP) is 13.5. The van der Waals surface area contributed by atoms with Crippen LogP contribution in [0.4, 0.5) is 34.1 Å². The lowest BCUT2D eigenvalue weighted by Crippen LogP contribution is -2.40. The molecule has 0 spiro atoms. The summed E-state index contributed by atoms with van der Waals surface area (Å²) >= 11 is 0. The number of hydrogen-bond donors (Lipinski definition) is 0. The molecule has 2 nitrogen and oxygen atoms in total. The summed E-state index contributed by atoms with van der Waals surface area (Å²) in [5.41, 5.74) is 9.83. The first kappa shape index (κ1) is 31.9. The first-order valence-electron chi connectivity index (χ1n) is 17.8. The van der Waals surface area contributed by atoms with Crippen molar-refractivity contribution in [2.75, 3.05) is 9.80 Å². The Labute approximate surface area is 297 Å². The van der Waals surface area contributed by atoms with Crippen LogP contribution in [0.2, 0.25) is 19.6 Å². The summed E-state index contributed by atoms with van der Waals surface area (Å²) in [6, 6.07) is 56.1. The van der Waals surface area contributed by atoms with Gasteiger partial charge in [0, 0.05) is 33.5 Å². The average molecular weight is 665 g/mol. The number of anilines is 6. The SMILES string of the molecule is Cc1ccccc1N(c1ccccc1)c1ccc2ccc3c(N(c4ccccc4)c4ccccc4[Si](C)(C)C)cc(C(C)C)c4ccc1c2c43. The number of benzene rings is 8. The molecular formula is C47H44N2Si. The van der Waals surface area contributed by atoms with E-state index in [1.54, 1.807) is 0 Å². The molecule has 0 unspecified atom stereocenters. The zero-order valence-corrected chi connectivity index (χ0v) is 30.9. The highest BCUT2D eigenvalue weighted by atomic mass is 28.3. The summed E-state index contributed by atoms with van der Waals surface area (Å²) < 4.78 is 0. The number of aryl methyl sites for hydroxylation is 1. The van der Waals surface area contributed by atoms with Crippen LogP contribution in [-0.4, -0.2) is 8.07 Å². The van der Waals surface area contributed by atoms with Crippen molar-refractivity contribution in [1.82, 2.24) is 0 Å². The highest BCUT2D eigenvalue weighted by Crippen LogP contribution is 2.49. The Kier molecular flexibility index (Phi) is 7.96. The van der Waals surface area contributed by atoms with E-state index in [-0.39, 0.29) is 0 Å². The van der Waals surface area contributed by atoms with Gasteiger partial charge in [-0.1, -0.05) is 137 Å². The van der Waals surface area contributed by atoms with Crippen molar-refractivity contribution < 1.29 is 0 Å². The summed E-state index contributed by atoms with van der Waals surface area (Å²) in [6.07, 6.45) is 0. The first-order chi connectivity index (χ1) is 24.2. The number of rotatable bonds is 8. The van der Waals surface area contributed by atoms with Crippen LogP contribution in [0.1, 0.15) is 30.9 Å². The van der Waals surface area contributed by atoms with Gasteiger partial charge in [-0.2, -0.15) is 0 Å². The third-order valence-corrected chi connectivity index (χ3v) is 12.2. The minimum Gasteiger partial charge on any atom is -0.310 e. The molecule has 8 aromatic rings. The fraction of sp³-hybridized carbons (Fsp3) is 0.149. The van der Waals surface area contributed by atoms with E-state index in [4.69, 9.17) is 0 Å². The second-order valence-electron chi connectivity index (χ2n) is 14.9. The Hall–Kier alpha value is -5.38. The van der Waals surface area contributed by atoms with Gasteiger partial charge in [0.05, 0.1) is 19.4 Å². The van der Waals surface area contributed by atoms with Gasteiger partial charge < -0.3 is 9.80 Å². The van der Waals surface area contributed by atoms with E-state index in [1.807, 2.05) is 0 Å². The summed E-state index contributed by atoms with van der Waals surface area (Å²) in [7, 11) is -1.71. The molecule has 0 atom stereocenters. The molecule has 50 heavy (non-hydrogen) atoms. The molecule has 0 aliphatic heterocycles. The van der Waals surface area contributed by atoms with E-state index < -0.39 is 8.07 Å². The lowest BCUT2D eigenvalue weighted by molar-refractivity contribution is 0.876. The van der Waals surface area contributed by atoms with Crippen LogP contribution in [0.5, 0.6) is 0 Å². The van der Waals surface area contributed by atoms with E-state index in [1.165, 1.54) is 77.1 Å². The molecule has 246 valence electrons. The second kappa shape index (κ2) is 12.5. The largest absolute Gasteiger partial charge is 0.310 e. The van der Waals surface area contributed by atoms with Crippen molar-refractivity contribution in [2.45, 2.75) is 46.3 Å². The Morgan fingerprint density at radius 3 is 1.62 bits per heavy atom. The van der Waals surface area contributed by atoms with Crippen LogP contribution in [-0.2, 0) is 0 Å². The lowest BCUT2D eigenvalue weighted by atomic mass is 9.86. The van der Waals surface area contributed by atoms with Gasteiger partial charge in [0.15, 0.2) is 0 Å². The summed E-state index contributed by atoms with van der Waals surface area (Å²) in [4.78, 5) is 4.97. The minimum absolute atomic E-state index is 0.343. The summed E-state index contributed by atoms with van der Waals surface area (Å²) in [6.45, 7) is 14.2. The third-order valence-electron chi connectivity index (χ3n) is 10.2. The molecule has 0 N–H and O–H groups in total. The van der Waals surface area contributed by atoms with Crippen LogP contribution in [0.15, 0.2) is 152 Å². The molecule has 0 bridgehead atoms. The Balaban J connectivity index is 1.49. The molecule has 3 heteroatoms. The van der Waals surface area contributed by atoms with Crippen molar-refractivity contribution in [3.63, 3.8) is 0 Å². The predicted molar refractivity (Wildman–Crippen MR) is 221 cm³/mol. The van der Waals surface area contributed by atoms with Gasteiger partial charge in [-0.25, -0.2) is 0 Å². The maximum absolute atomic E-state index is 2.54. The molecule has 0 aliphatic carbocycles. The Morgan fingerprint density at radius 2 is 0.980 bits per heavy atom. The quantitative estimate of drug-likeness (QED) is 0.118. The van der Waals surface area contributed by atoms with E-state index in [0.717, 1.165) is 5.69 Å². The number of para-hydroxylation sites is 4. The van der Waals surface area contributed by atoms with Crippen molar-refractivity contribution in [3.8, 4) is 0 Å². The highest BCUT2D eigenvalue weighted by molar-refractivity contribution is 6.89. The molecule has 0 aromatic heterocycles. The number of nitrogens with zero attached hydrogens (tertiary/aromatic N) is 2. The van der Waals surface area contributed by atoms with E-state index in [0.29, 0.717) is 5.92 Å². The fourth-order valence-corrected chi connectivity index (χ4v) is 9.39. The second-order valence-corrected chi connectivity index (χ2v) is 19.9. The molecule has 0 fully saturated rings. The minimum atomic E-state index is -1.71. The van der Waals surface area contributed by atoms with Crippen LogP contribution in [0.25, 0.3) is 32.3 Å². The highest BCUT2D eigenvalue weighted by Gasteiger charge is 2.28. The van der Waals surface area contributed by atoms with Gasteiger partial charge in [0.25, 0.3) is 0 Å². The fourth-order valence-electron chi connectivity index (χ4n) is 7.83. The average Bonchev–Trinajstić information content (AvgIpc) is 3.13. The van der Waals surface area contributed by atoms with Crippen molar-refractivity contribution in [3.05, 3.63) is 163 Å². The maximum atomic E-state index is 2.54. The molecular weight excluding hydrogens is 621 g/mol. The lowest BCUT2D eigenvalue weighted by Gasteiger charge is -2.33. The zero-order valence-electron chi connectivity index (χ0n) is 29.9. The van der Waals surface area contributed by atoms with Crippen molar-refractivity contribution >= 4 is 79.7 Å². The van der Waals surface area contributed by atoms with Crippen LogP contribution < -0.4 is 15.0 Å². The smallest absolute Gasteiger partial charge is 0.0803 e. The van der Waals surface area contributed by atoms with Gasteiger partial charge in [0.1, 0.15) is 0 Å². The Morgan fingerprint density at radius 1 is 0.460 bits per heavy atom. The molecule has 0 amide bonds. The molecule has 8 rings (SSSR count). The van der Waals surface area contributed by atoms with Gasteiger partial charge in [-0.05, 0) is 99.2 Å². The maximum Gasteiger partial charge on any atom is 0.0803 e. The van der Waals surface area contributed by atoms with Gasteiger partial charge in [-0.3, -0.25) is 0 Å². The van der Waals surface area contributed by atoms with Gasteiger partial charge in [-0.15, -0.1) is 0 Å². The summed E-state index contributed by atoms with van der Waals surface area (Å²) in [5, 5.41) is 9.25. The topological polar surface area (TPSA) is 6.48 Å². The molecule has 0 aliphatic rings. The number of hydrogen-bond acceptors (Lipinski definition) is 2. The van der Waals surface area contributed by atoms with Crippen molar-refractivity contribution in [2.24, 2.45) is 0 Å².